The molecular weight excluding hydrogens is 206 g/mol. The number of hydrogen-bond donors (Lipinski definition) is 0. The van der Waals surface area contributed by atoms with Crippen LogP contribution in [0.1, 0.15) is 63.3 Å². The Balaban J connectivity index is 0. The van der Waals surface area contributed by atoms with Crippen molar-refractivity contribution in [2.24, 2.45) is 0 Å². The van der Waals surface area contributed by atoms with Crippen LogP contribution in [-0.2, 0) is 6.42 Å². The van der Waals surface area contributed by atoms with Gasteiger partial charge in [-0.1, -0.05) is 41.0 Å². The lowest BCUT2D eigenvalue weighted by Crippen LogP contribution is -1.92. The molecule has 0 amide bonds. The standard InChI is InChI=1S/C11H13N.C3H8.C2H6/c1-4-11-8(2)5-10(7-12)6-9(11)3;1-3-2;1-2/h5-6H,4H2,1-3H3;3H2,1-2H3;1-2H3. The van der Waals surface area contributed by atoms with Gasteiger partial charge in [0.05, 0.1) is 11.6 Å². The summed E-state index contributed by atoms with van der Waals surface area (Å²) in [4.78, 5) is 0. The van der Waals surface area contributed by atoms with Gasteiger partial charge >= 0.3 is 0 Å². The van der Waals surface area contributed by atoms with Gasteiger partial charge in [-0.05, 0) is 49.1 Å². The number of hydrogen-bond acceptors (Lipinski definition) is 1. The number of rotatable bonds is 1. The first-order valence-corrected chi connectivity index (χ1v) is 6.60. The van der Waals surface area contributed by atoms with Gasteiger partial charge < -0.3 is 0 Å². The molecule has 0 saturated heterocycles. The van der Waals surface area contributed by atoms with Crippen molar-refractivity contribution in [3.63, 3.8) is 0 Å². The number of nitrogens with zero attached hydrogens (tertiary/aromatic N) is 1. The van der Waals surface area contributed by atoms with E-state index in [1.807, 2.05) is 26.0 Å². The molecule has 0 fully saturated rings. The average molecular weight is 233 g/mol. The number of aryl methyl sites for hydroxylation is 2. The van der Waals surface area contributed by atoms with Crippen LogP contribution in [0.25, 0.3) is 0 Å². The lowest BCUT2D eigenvalue weighted by atomic mass is 9.98. The van der Waals surface area contributed by atoms with Crippen molar-refractivity contribution in [2.75, 3.05) is 0 Å². The van der Waals surface area contributed by atoms with Crippen LogP contribution in [0.3, 0.4) is 0 Å². The van der Waals surface area contributed by atoms with Crippen LogP contribution in [0.4, 0.5) is 0 Å². The monoisotopic (exact) mass is 233 g/mol. The number of nitriles is 1. The molecule has 0 N–H and O–H groups in total. The van der Waals surface area contributed by atoms with E-state index >= 15 is 0 Å². The summed E-state index contributed by atoms with van der Waals surface area (Å²) in [6, 6.07) is 6.06. The summed E-state index contributed by atoms with van der Waals surface area (Å²) in [6.07, 6.45) is 2.30. The summed E-state index contributed by atoms with van der Waals surface area (Å²) in [5.41, 5.74) is 4.60. The Morgan fingerprint density at radius 2 is 1.35 bits per heavy atom. The smallest absolute Gasteiger partial charge is 0.0991 e. The Hall–Kier alpha value is -1.29. The molecule has 0 spiro atoms. The fraction of sp³-hybridized carbons (Fsp3) is 0.562. The van der Waals surface area contributed by atoms with Gasteiger partial charge in [-0.25, -0.2) is 0 Å². The molecule has 17 heavy (non-hydrogen) atoms. The zero-order chi connectivity index (χ0) is 13.8. The van der Waals surface area contributed by atoms with Crippen molar-refractivity contribution < 1.29 is 0 Å². The van der Waals surface area contributed by atoms with E-state index < -0.39 is 0 Å². The van der Waals surface area contributed by atoms with Crippen LogP contribution < -0.4 is 0 Å². The van der Waals surface area contributed by atoms with Gasteiger partial charge in [0.1, 0.15) is 0 Å². The van der Waals surface area contributed by atoms with E-state index in [9.17, 15) is 0 Å². The Morgan fingerprint density at radius 3 is 1.59 bits per heavy atom. The van der Waals surface area contributed by atoms with Crippen LogP contribution in [0.15, 0.2) is 12.1 Å². The Labute approximate surface area is 107 Å². The van der Waals surface area contributed by atoms with Gasteiger partial charge in [-0.15, -0.1) is 0 Å². The average Bonchev–Trinajstić information content (AvgIpc) is 2.32. The maximum Gasteiger partial charge on any atom is 0.0991 e. The third-order valence-electron chi connectivity index (χ3n) is 2.18. The first-order chi connectivity index (χ1) is 8.10. The molecule has 0 aromatic heterocycles. The minimum Gasteiger partial charge on any atom is -0.192 e. The second kappa shape index (κ2) is 11.2. The lowest BCUT2D eigenvalue weighted by Gasteiger charge is -2.06. The second-order valence-electron chi connectivity index (χ2n) is 3.76. The first kappa shape index (κ1) is 18.1. The lowest BCUT2D eigenvalue weighted by molar-refractivity contribution is 1.08. The first-order valence-electron chi connectivity index (χ1n) is 6.60. The highest BCUT2D eigenvalue weighted by atomic mass is 14.2. The van der Waals surface area contributed by atoms with Gasteiger partial charge in [0.2, 0.25) is 0 Å². The zero-order valence-corrected chi connectivity index (χ0v) is 12.5. The molecule has 0 aliphatic heterocycles. The molecule has 0 radical (unpaired) electrons. The molecule has 0 saturated carbocycles. The van der Waals surface area contributed by atoms with Crippen molar-refractivity contribution in [3.05, 3.63) is 34.4 Å². The van der Waals surface area contributed by atoms with Crippen LogP contribution in [0.2, 0.25) is 0 Å². The summed E-state index contributed by atoms with van der Waals surface area (Å²) in [6.45, 7) is 14.5. The van der Waals surface area contributed by atoms with Gasteiger partial charge in [-0.3, -0.25) is 0 Å². The summed E-state index contributed by atoms with van der Waals surface area (Å²) >= 11 is 0. The topological polar surface area (TPSA) is 23.8 Å². The molecule has 1 rings (SSSR count). The maximum atomic E-state index is 8.70. The minimum absolute atomic E-state index is 0.766. The Morgan fingerprint density at radius 1 is 1.00 bits per heavy atom. The molecule has 1 aromatic rings. The molecule has 0 aliphatic carbocycles. The predicted molar refractivity (Wildman–Crippen MR) is 77.3 cm³/mol. The van der Waals surface area contributed by atoms with Crippen molar-refractivity contribution in [1.82, 2.24) is 0 Å². The fourth-order valence-electron chi connectivity index (χ4n) is 1.62. The van der Waals surface area contributed by atoms with Gasteiger partial charge in [0.15, 0.2) is 0 Å². The molecule has 0 bridgehead atoms. The normalized spacial score (nSPS) is 8.12. The SMILES string of the molecule is CC.CCC.CCc1c(C)cc(C#N)cc1C. The molecule has 96 valence electrons. The van der Waals surface area contributed by atoms with E-state index in [0.29, 0.717) is 0 Å². The molecule has 0 atom stereocenters. The fourth-order valence-corrected chi connectivity index (χ4v) is 1.62. The molecular formula is C16H27N. The van der Waals surface area contributed by atoms with E-state index in [2.05, 4.69) is 40.7 Å². The van der Waals surface area contributed by atoms with Crippen molar-refractivity contribution in [2.45, 2.75) is 61.3 Å². The van der Waals surface area contributed by atoms with Gasteiger partial charge in [-0.2, -0.15) is 5.26 Å². The Bertz CT molecular complexity index is 322. The van der Waals surface area contributed by atoms with Crippen LogP contribution in [-0.4, -0.2) is 0 Å². The number of benzene rings is 1. The van der Waals surface area contributed by atoms with Crippen molar-refractivity contribution >= 4 is 0 Å². The molecule has 1 nitrogen and oxygen atoms in total. The van der Waals surface area contributed by atoms with Gasteiger partial charge in [0, 0.05) is 0 Å². The van der Waals surface area contributed by atoms with E-state index in [0.717, 1.165) is 12.0 Å². The third-order valence-corrected chi connectivity index (χ3v) is 2.18. The van der Waals surface area contributed by atoms with Crippen LogP contribution >= 0.6 is 0 Å². The quantitative estimate of drug-likeness (QED) is 0.655. The summed E-state index contributed by atoms with van der Waals surface area (Å²) < 4.78 is 0. The Kier molecular flexibility index (Phi) is 11.9. The van der Waals surface area contributed by atoms with Crippen LogP contribution in [0, 0.1) is 25.2 Å². The van der Waals surface area contributed by atoms with Crippen molar-refractivity contribution in [1.29, 1.82) is 5.26 Å². The third kappa shape index (κ3) is 6.79. The highest BCUT2D eigenvalue weighted by Crippen LogP contribution is 2.16. The minimum atomic E-state index is 0.766. The molecule has 0 heterocycles. The molecule has 0 aliphatic rings. The summed E-state index contributed by atoms with van der Waals surface area (Å²) in [5, 5.41) is 8.70. The molecule has 1 heteroatoms. The van der Waals surface area contributed by atoms with E-state index in [1.165, 1.54) is 23.1 Å². The highest BCUT2D eigenvalue weighted by Gasteiger charge is 2.01. The van der Waals surface area contributed by atoms with Crippen LogP contribution in [0.5, 0.6) is 0 Å². The van der Waals surface area contributed by atoms with E-state index in [1.54, 1.807) is 0 Å². The second-order valence-corrected chi connectivity index (χ2v) is 3.76. The van der Waals surface area contributed by atoms with E-state index in [4.69, 9.17) is 5.26 Å². The maximum absolute atomic E-state index is 8.70. The summed E-state index contributed by atoms with van der Waals surface area (Å²) in [7, 11) is 0. The zero-order valence-electron chi connectivity index (χ0n) is 12.5. The van der Waals surface area contributed by atoms with E-state index in [-0.39, 0.29) is 0 Å². The summed E-state index contributed by atoms with van der Waals surface area (Å²) in [5.74, 6) is 0. The molecule has 1 aromatic carbocycles. The largest absolute Gasteiger partial charge is 0.192 e. The van der Waals surface area contributed by atoms with Crippen molar-refractivity contribution in [3.8, 4) is 6.07 Å². The highest BCUT2D eigenvalue weighted by molar-refractivity contribution is 5.42. The van der Waals surface area contributed by atoms with Gasteiger partial charge in [0.25, 0.3) is 0 Å². The predicted octanol–water partition coefficient (Wildman–Crippen LogP) is 5.18. The molecule has 0 unspecified atom stereocenters.